The third-order valence-electron chi connectivity index (χ3n) is 4.14. The van der Waals surface area contributed by atoms with Gasteiger partial charge in [-0.05, 0) is 53.4 Å². The Hall–Kier alpha value is -2.22. The second-order valence-electron chi connectivity index (χ2n) is 6.11. The number of benzene rings is 2. The van der Waals surface area contributed by atoms with Crippen LogP contribution in [-0.2, 0) is 21.1 Å². The highest BCUT2D eigenvalue weighted by Gasteiger charge is 2.30. The Morgan fingerprint density at radius 1 is 1.07 bits per heavy atom. The smallest absolute Gasteiger partial charge is 0.224 e. The van der Waals surface area contributed by atoms with Crippen LogP contribution in [0.1, 0.15) is 15.7 Å². The van der Waals surface area contributed by atoms with Crippen LogP contribution in [0.5, 0.6) is 0 Å². The minimum Gasteiger partial charge on any atom is -0.354 e. The molecule has 1 atom stereocenters. The quantitative estimate of drug-likeness (QED) is 0.557. The lowest BCUT2D eigenvalue weighted by Gasteiger charge is -2.17. The molecule has 1 amide bonds. The maximum absolute atomic E-state index is 13.2. The second kappa shape index (κ2) is 8.86. The summed E-state index contributed by atoms with van der Waals surface area (Å²) < 4.78 is 39.3. The van der Waals surface area contributed by atoms with Gasteiger partial charge >= 0.3 is 0 Å². The van der Waals surface area contributed by atoms with E-state index in [9.17, 15) is 17.6 Å². The number of carbonyl (C=O) groups excluding carboxylic acids is 1. The fraction of sp³-hybridized carbons (Fsp3) is 0.150. The van der Waals surface area contributed by atoms with E-state index in [1.54, 1.807) is 41.8 Å². The monoisotopic (exact) mass is 437 g/mol. The van der Waals surface area contributed by atoms with Crippen molar-refractivity contribution in [1.29, 1.82) is 0 Å². The van der Waals surface area contributed by atoms with E-state index >= 15 is 0 Å². The molecule has 0 radical (unpaired) electrons. The molecule has 0 saturated heterocycles. The van der Waals surface area contributed by atoms with Crippen molar-refractivity contribution in [3.05, 3.63) is 87.3 Å². The normalized spacial score (nSPS) is 12.5. The molecule has 4 nitrogen and oxygen atoms in total. The standard InChI is InChI=1S/C20H17ClFNO3S2/c21-15-5-3-14(4-6-15)12-20(24)23-13-19(18-2-1-11-27-18)28(25,26)17-9-7-16(22)8-10-17/h1-11,19H,12-13H2,(H,23,24)/t19-/m0/s1. The van der Waals surface area contributed by atoms with E-state index in [4.69, 9.17) is 11.6 Å². The van der Waals surface area contributed by atoms with Gasteiger partial charge in [0.15, 0.2) is 9.84 Å². The Morgan fingerprint density at radius 3 is 2.36 bits per heavy atom. The molecule has 0 spiro atoms. The predicted molar refractivity (Wildman–Crippen MR) is 109 cm³/mol. The summed E-state index contributed by atoms with van der Waals surface area (Å²) in [5.74, 6) is -0.805. The van der Waals surface area contributed by atoms with Crippen molar-refractivity contribution < 1.29 is 17.6 Å². The highest BCUT2D eigenvalue weighted by Crippen LogP contribution is 2.31. The van der Waals surface area contributed by atoms with Crippen LogP contribution in [-0.4, -0.2) is 20.9 Å². The minimum absolute atomic E-state index is 0.0132. The fourth-order valence-corrected chi connectivity index (χ4v) is 5.59. The lowest BCUT2D eigenvalue weighted by Crippen LogP contribution is -2.32. The molecule has 1 aromatic heterocycles. The van der Waals surface area contributed by atoms with E-state index in [1.165, 1.54) is 23.5 Å². The van der Waals surface area contributed by atoms with Crippen molar-refractivity contribution in [2.24, 2.45) is 0 Å². The first kappa shape index (κ1) is 20.5. The fourth-order valence-electron chi connectivity index (χ4n) is 2.68. The maximum atomic E-state index is 13.2. The Morgan fingerprint density at radius 2 is 1.75 bits per heavy atom. The zero-order valence-corrected chi connectivity index (χ0v) is 17.0. The van der Waals surface area contributed by atoms with Gasteiger partial charge in [-0.25, -0.2) is 12.8 Å². The number of hydrogen-bond acceptors (Lipinski definition) is 4. The van der Waals surface area contributed by atoms with Crippen LogP contribution in [0, 0.1) is 5.82 Å². The van der Waals surface area contributed by atoms with Gasteiger partial charge in [-0.1, -0.05) is 29.8 Å². The Labute approximate surface area is 171 Å². The number of amides is 1. The van der Waals surface area contributed by atoms with Crippen molar-refractivity contribution >= 4 is 38.7 Å². The highest BCUT2D eigenvalue weighted by molar-refractivity contribution is 7.91. The molecular formula is C20H17ClFNO3S2. The summed E-state index contributed by atoms with van der Waals surface area (Å²) in [5, 5.41) is 4.10. The first-order chi connectivity index (χ1) is 13.4. The number of carbonyl (C=O) groups is 1. The van der Waals surface area contributed by atoms with E-state index in [0.29, 0.717) is 9.90 Å². The molecule has 0 aliphatic carbocycles. The van der Waals surface area contributed by atoms with Crippen molar-refractivity contribution in [2.45, 2.75) is 16.6 Å². The Kier molecular flexibility index (Phi) is 6.49. The van der Waals surface area contributed by atoms with Gasteiger partial charge in [0.25, 0.3) is 0 Å². The molecule has 8 heteroatoms. The van der Waals surface area contributed by atoms with Crippen molar-refractivity contribution in [2.75, 3.05) is 6.54 Å². The van der Waals surface area contributed by atoms with E-state index in [1.807, 2.05) is 0 Å². The maximum Gasteiger partial charge on any atom is 0.224 e. The van der Waals surface area contributed by atoms with Crippen LogP contribution >= 0.6 is 22.9 Å². The highest BCUT2D eigenvalue weighted by atomic mass is 35.5. The molecule has 0 fully saturated rings. The Balaban J connectivity index is 1.76. The van der Waals surface area contributed by atoms with E-state index in [2.05, 4.69) is 5.32 Å². The number of hydrogen-bond donors (Lipinski definition) is 1. The topological polar surface area (TPSA) is 63.2 Å². The molecule has 3 rings (SSSR count). The molecule has 2 aromatic carbocycles. The van der Waals surface area contributed by atoms with Crippen molar-refractivity contribution in [1.82, 2.24) is 5.32 Å². The molecule has 1 heterocycles. The summed E-state index contributed by atoms with van der Waals surface area (Å²) in [6.45, 7) is -0.0767. The zero-order chi connectivity index (χ0) is 20.1. The lowest BCUT2D eigenvalue weighted by molar-refractivity contribution is -0.120. The van der Waals surface area contributed by atoms with Gasteiger partial charge in [0.05, 0.1) is 11.3 Å². The van der Waals surface area contributed by atoms with E-state index in [-0.39, 0.29) is 23.8 Å². The molecule has 0 aliphatic heterocycles. The molecule has 0 bridgehead atoms. The summed E-state index contributed by atoms with van der Waals surface area (Å²) in [6, 6.07) is 15.0. The van der Waals surface area contributed by atoms with Crippen LogP contribution in [0.3, 0.4) is 0 Å². The zero-order valence-electron chi connectivity index (χ0n) is 14.6. The molecule has 3 aromatic rings. The largest absolute Gasteiger partial charge is 0.354 e. The molecule has 0 saturated carbocycles. The summed E-state index contributed by atoms with van der Waals surface area (Å²) >= 11 is 7.13. The van der Waals surface area contributed by atoms with Gasteiger partial charge in [0.2, 0.25) is 5.91 Å². The third-order valence-corrected chi connectivity index (χ3v) is 7.63. The van der Waals surface area contributed by atoms with Gasteiger partial charge in [-0.2, -0.15) is 0 Å². The van der Waals surface area contributed by atoms with Gasteiger partial charge in [-0.15, -0.1) is 11.3 Å². The molecule has 0 unspecified atom stereocenters. The molecule has 28 heavy (non-hydrogen) atoms. The van der Waals surface area contributed by atoms with E-state index in [0.717, 1.165) is 17.7 Å². The average molecular weight is 438 g/mol. The van der Waals surface area contributed by atoms with Crippen LogP contribution in [0.4, 0.5) is 4.39 Å². The summed E-state index contributed by atoms with van der Waals surface area (Å²) in [5.41, 5.74) is 0.774. The number of halogens is 2. The summed E-state index contributed by atoms with van der Waals surface area (Å²) in [7, 11) is -3.80. The SMILES string of the molecule is O=C(Cc1ccc(Cl)cc1)NC[C@@H](c1cccs1)S(=O)(=O)c1ccc(F)cc1. The number of rotatable bonds is 7. The number of nitrogens with one attached hydrogen (secondary N) is 1. The minimum atomic E-state index is -3.80. The van der Waals surface area contributed by atoms with Gasteiger partial charge < -0.3 is 5.32 Å². The molecule has 146 valence electrons. The average Bonchev–Trinajstić information content (AvgIpc) is 3.18. The van der Waals surface area contributed by atoms with Crippen LogP contribution in [0.2, 0.25) is 5.02 Å². The molecular weight excluding hydrogens is 421 g/mol. The van der Waals surface area contributed by atoms with Gasteiger partial charge in [0, 0.05) is 16.4 Å². The predicted octanol–water partition coefficient (Wildman–Crippen LogP) is 4.41. The second-order valence-corrected chi connectivity index (χ2v) is 9.66. The first-order valence-corrected chi connectivity index (χ1v) is 11.2. The number of sulfone groups is 1. The number of thiophene rings is 1. The molecule has 0 aliphatic rings. The van der Waals surface area contributed by atoms with Crippen molar-refractivity contribution in [3.8, 4) is 0 Å². The third kappa shape index (κ3) is 4.98. The summed E-state index contributed by atoms with van der Waals surface area (Å²) in [4.78, 5) is 12.9. The Bertz CT molecular complexity index is 1030. The first-order valence-electron chi connectivity index (χ1n) is 8.40. The van der Waals surface area contributed by atoms with Crippen molar-refractivity contribution in [3.63, 3.8) is 0 Å². The van der Waals surface area contributed by atoms with Gasteiger partial charge in [-0.3, -0.25) is 4.79 Å². The van der Waals surface area contributed by atoms with Gasteiger partial charge in [0.1, 0.15) is 11.1 Å². The lowest BCUT2D eigenvalue weighted by atomic mass is 10.1. The summed E-state index contributed by atoms with van der Waals surface area (Å²) in [6.07, 6.45) is 0.116. The van der Waals surface area contributed by atoms with Crippen LogP contribution < -0.4 is 5.32 Å². The van der Waals surface area contributed by atoms with Crippen LogP contribution in [0.15, 0.2) is 70.9 Å². The molecule has 1 N–H and O–H groups in total. The van der Waals surface area contributed by atoms with E-state index < -0.39 is 20.9 Å². The van der Waals surface area contributed by atoms with Crippen LogP contribution in [0.25, 0.3) is 0 Å².